The Balaban J connectivity index is 1.54. The van der Waals surface area contributed by atoms with Crippen molar-refractivity contribution in [3.63, 3.8) is 0 Å². The minimum absolute atomic E-state index is 0.108. The molecule has 3 aromatic rings. The van der Waals surface area contributed by atoms with Gasteiger partial charge in [0.25, 0.3) is 10.0 Å². The van der Waals surface area contributed by atoms with E-state index in [1.165, 1.54) is 4.31 Å². The van der Waals surface area contributed by atoms with Crippen molar-refractivity contribution >= 4 is 21.5 Å². The van der Waals surface area contributed by atoms with Crippen molar-refractivity contribution in [2.24, 2.45) is 7.05 Å². The Morgan fingerprint density at radius 3 is 2.46 bits per heavy atom. The standard InChI is InChI=1S/C17H24N8O2S/c1-12-18-16(11-23(12)4)28(26,27)24-9-7-13(8-10-24)17-20-19-14-5-6-15(22(2)3)21-25(14)17/h5-6,11,13H,7-10H2,1-4H3. The number of hydrogen-bond donors (Lipinski definition) is 0. The Hall–Kier alpha value is -2.53. The number of fused-ring (bicyclic) bond motifs is 1. The van der Waals surface area contributed by atoms with E-state index >= 15 is 0 Å². The number of aromatic nitrogens is 6. The van der Waals surface area contributed by atoms with E-state index in [0.717, 1.165) is 11.6 Å². The summed E-state index contributed by atoms with van der Waals surface area (Å²) in [6.07, 6.45) is 2.90. The molecule has 150 valence electrons. The number of aryl methyl sites for hydroxylation is 2. The van der Waals surface area contributed by atoms with Gasteiger partial charge in [-0.3, -0.25) is 0 Å². The van der Waals surface area contributed by atoms with Crippen LogP contribution in [0.15, 0.2) is 23.4 Å². The molecule has 1 saturated heterocycles. The van der Waals surface area contributed by atoms with Crippen molar-refractivity contribution in [2.45, 2.75) is 30.7 Å². The summed E-state index contributed by atoms with van der Waals surface area (Å²) in [7, 11) is 2.07. The molecule has 11 heteroatoms. The van der Waals surface area contributed by atoms with E-state index in [0.29, 0.717) is 37.4 Å². The lowest BCUT2D eigenvalue weighted by atomic mass is 9.97. The van der Waals surface area contributed by atoms with Gasteiger partial charge in [0.1, 0.15) is 11.6 Å². The number of hydrogen-bond acceptors (Lipinski definition) is 7. The molecule has 10 nitrogen and oxygen atoms in total. The first kappa shape index (κ1) is 18.8. The lowest BCUT2D eigenvalue weighted by Gasteiger charge is -2.29. The fraction of sp³-hybridized carbons (Fsp3) is 0.529. The number of imidazole rings is 1. The Labute approximate surface area is 163 Å². The third kappa shape index (κ3) is 3.14. The van der Waals surface area contributed by atoms with Gasteiger partial charge in [-0.1, -0.05) is 0 Å². The molecular formula is C17H24N8O2S. The van der Waals surface area contributed by atoms with Gasteiger partial charge in [0.05, 0.1) is 0 Å². The molecule has 0 unspecified atom stereocenters. The van der Waals surface area contributed by atoms with Crippen LogP contribution in [0, 0.1) is 6.92 Å². The molecule has 0 bridgehead atoms. The first-order valence-electron chi connectivity index (χ1n) is 9.17. The summed E-state index contributed by atoms with van der Waals surface area (Å²) in [6.45, 7) is 2.63. The Kier molecular flexibility index (Phi) is 4.58. The van der Waals surface area contributed by atoms with Crippen LogP contribution in [0.4, 0.5) is 5.82 Å². The van der Waals surface area contributed by atoms with Gasteiger partial charge < -0.3 is 9.47 Å². The van der Waals surface area contributed by atoms with Gasteiger partial charge >= 0.3 is 0 Å². The summed E-state index contributed by atoms with van der Waals surface area (Å²) < 4.78 is 30.7. The van der Waals surface area contributed by atoms with Crippen LogP contribution in [0.3, 0.4) is 0 Å². The lowest BCUT2D eigenvalue weighted by Crippen LogP contribution is -2.38. The fourth-order valence-corrected chi connectivity index (χ4v) is 4.92. The first-order valence-corrected chi connectivity index (χ1v) is 10.6. The zero-order valence-electron chi connectivity index (χ0n) is 16.4. The van der Waals surface area contributed by atoms with Crippen LogP contribution in [0.2, 0.25) is 0 Å². The summed E-state index contributed by atoms with van der Waals surface area (Å²) in [5.41, 5.74) is 0.694. The Morgan fingerprint density at radius 2 is 1.86 bits per heavy atom. The van der Waals surface area contributed by atoms with Crippen LogP contribution < -0.4 is 4.90 Å². The second-order valence-corrected chi connectivity index (χ2v) is 9.21. The van der Waals surface area contributed by atoms with E-state index in [2.05, 4.69) is 20.3 Å². The maximum Gasteiger partial charge on any atom is 0.262 e. The molecule has 0 radical (unpaired) electrons. The number of sulfonamides is 1. The van der Waals surface area contributed by atoms with Crippen LogP contribution in [0.5, 0.6) is 0 Å². The number of piperidine rings is 1. The number of rotatable bonds is 4. The maximum absolute atomic E-state index is 12.9. The molecule has 3 aromatic heterocycles. The minimum Gasteiger partial charge on any atom is -0.361 e. The Bertz CT molecular complexity index is 1090. The Morgan fingerprint density at radius 1 is 1.14 bits per heavy atom. The second kappa shape index (κ2) is 6.82. The van der Waals surface area contributed by atoms with E-state index in [-0.39, 0.29) is 10.9 Å². The summed E-state index contributed by atoms with van der Waals surface area (Å²) in [6, 6.07) is 3.79. The lowest BCUT2D eigenvalue weighted by molar-refractivity contribution is 0.310. The normalized spacial score (nSPS) is 16.7. The average Bonchev–Trinajstić information content (AvgIpc) is 3.25. The first-order chi connectivity index (χ1) is 13.3. The quantitative estimate of drug-likeness (QED) is 0.634. The molecule has 0 aromatic carbocycles. The van der Waals surface area contributed by atoms with E-state index in [1.807, 2.05) is 31.1 Å². The summed E-state index contributed by atoms with van der Waals surface area (Å²) >= 11 is 0. The zero-order chi connectivity index (χ0) is 20.1. The van der Waals surface area contributed by atoms with Crippen LogP contribution in [0.25, 0.3) is 5.65 Å². The fourth-order valence-electron chi connectivity index (χ4n) is 3.43. The van der Waals surface area contributed by atoms with Crippen LogP contribution in [-0.2, 0) is 17.1 Å². The third-order valence-electron chi connectivity index (χ3n) is 5.24. The summed E-state index contributed by atoms with van der Waals surface area (Å²) in [4.78, 5) is 6.11. The highest BCUT2D eigenvalue weighted by molar-refractivity contribution is 7.89. The monoisotopic (exact) mass is 404 g/mol. The molecule has 28 heavy (non-hydrogen) atoms. The van der Waals surface area contributed by atoms with Crippen LogP contribution >= 0.6 is 0 Å². The van der Waals surface area contributed by atoms with E-state index in [1.54, 1.807) is 29.3 Å². The van der Waals surface area contributed by atoms with Crippen molar-refractivity contribution in [3.05, 3.63) is 30.0 Å². The molecule has 4 rings (SSSR count). The predicted octanol–water partition coefficient (Wildman–Crippen LogP) is 0.801. The van der Waals surface area contributed by atoms with Crippen LogP contribution in [-0.4, -0.2) is 69.3 Å². The molecular weight excluding hydrogens is 380 g/mol. The minimum atomic E-state index is -3.58. The van der Waals surface area contributed by atoms with Crippen molar-refractivity contribution in [1.82, 2.24) is 33.7 Å². The average molecular weight is 405 g/mol. The highest BCUT2D eigenvalue weighted by atomic mass is 32.2. The smallest absolute Gasteiger partial charge is 0.262 e. The molecule has 0 saturated carbocycles. The molecule has 0 aliphatic carbocycles. The maximum atomic E-state index is 12.9. The zero-order valence-corrected chi connectivity index (χ0v) is 17.3. The highest BCUT2D eigenvalue weighted by Gasteiger charge is 2.33. The van der Waals surface area contributed by atoms with Crippen molar-refractivity contribution in [1.29, 1.82) is 0 Å². The molecule has 1 aliphatic rings. The molecule has 0 atom stereocenters. The van der Waals surface area contributed by atoms with Gasteiger partial charge in [-0.25, -0.2) is 13.4 Å². The van der Waals surface area contributed by atoms with Gasteiger partial charge in [0.15, 0.2) is 16.5 Å². The second-order valence-electron chi connectivity index (χ2n) is 7.33. The molecule has 4 heterocycles. The topological polar surface area (TPSA) is 102 Å². The van der Waals surface area contributed by atoms with Crippen LogP contribution in [0.1, 0.15) is 30.4 Å². The van der Waals surface area contributed by atoms with Gasteiger partial charge in [-0.15, -0.1) is 15.3 Å². The SMILES string of the molecule is Cc1nc(S(=O)(=O)N2CCC(c3nnc4ccc(N(C)C)nn34)CC2)cn1C. The highest BCUT2D eigenvalue weighted by Crippen LogP contribution is 2.30. The van der Waals surface area contributed by atoms with Gasteiger partial charge in [-0.05, 0) is 31.9 Å². The van der Waals surface area contributed by atoms with Crippen molar-refractivity contribution < 1.29 is 8.42 Å². The van der Waals surface area contributed by atoms with Crippen molar-refractivity contribution in [3.8, 4) is 0 Å². The molecule has 0 spiro atoms. The molecule has 1 aliphatic heterocycles. The van der Waals surface area contributed by atoms with Gasteiger partial charge in [-0.2, -0.15) is 8.82 Å². The van der Waals surface area contributed by atoms with Crippen molar-refractivity contribution in [2.75, 3.05) is 32.1 Å². The predicted molar refractivity (Wildman–Crippen MR) is 104 cm³/mol. The third-order valence-corrected chi connectivity index (χ3v) is 7.01. The number of anilines is 1. The van der Waals surface area contributed by atoms with Gasteiger partial charge in [0, 0.05) is 46.3 Å². The number of nitrogens with zero attached hydrogens (tertiary/aromatic N) is 8. The van der Waals surface area contributed by atoms with E-state index in [9.17, 15) is 8.42 Å². The largest absolute Gasteiger partial charge is 0.361 e. The molecule has 0 amide bonds. The summed E-state index contributed by atoms with van der Waals surface area (Å²) in [5.74, 6) is 2.38. The molecule has 1 fully saturated rings. The van der Waals surface area contributed by atoms with Gasteiger partial charge in [0.2, 0.25) is 0 Å². The summed E-state index contributed by atoms with van der Waals surface area (Å²) in [5, 5.41) is 13.3. The molecule has 0 N–H and O–H groups in total. The van der Waals surface area contributed by atoms with E-state index < -0.39 is 10.0 Å². The van der Waals surface area contributed by atoms with E-state index in [4.69, 9.17) is 0 Å².